The van der Waals surface area contributed by atoms with E-state index in [1.807, 2.05) is 19.1 Å². The first-order chi connectivity index (χ1) is 8.69. The number of fused-ring (bicyclic) bond motifs is 1. The van der Waals surface area contributed by atoms with Crippen LogP contribution < -0.4 is 10.5 Å². The van der Waals surface area contributed by atoms with Gasteiger partial charge in [0.2, 0.25) is 0 Å². The molecular formula is C15H20BrNO. The molecule has 0 heterocycles. The molecule has 2 aliphatic carbocycles. The first-order valence-corrected chi connectivity index (χ1v) is 7.66. The molecule has 3 heteroatoms. The molecule has 3 rings (SSSR count). The van der Waals surface area contributed by atoms with Crippen LogP contribution in [0.3, 0.4) is 0 Å². The summed E-state index contributed by atoms with van der Waals surface area (Å²) in [6, 6.07) is 6.29. The summed E-state index contributed by atoms with van der Waals surface area (Å²) < 4.78 is 6.79. The topological polar surface area (TPSA) is 35.2 Å². The lowest BCUT2D eigenvalue weighted by molar-refractivity contribution is 0.323. The maximum absolute atomic E-state index is 6.48. The van der Waals surface area contributed by atoms with E-state index in [-0.39, 0.29) is 6.04 Å². The van der Waals surface area contributed by atoms with Gasteiger partial charge in [0.25, 0.3) is 0 Å². The molecule has 0 amide bonds. The van der Waals surface area contributed by atoms with Gasteiger partial charge in [0, 0.05) is 16.1 Å². The van der Waals surface area contributed by atoms with Crippen molar-refractivity contribution >= 4 is 15.9 Å². The molecule has 2 N–H and O–H groups in total. The molecule has 2 fully saturated rings. The van der Waals surface area contributed by atoms with E-state index in [0.29, 0.717) is 12.5 Å². The molecule has 2 saturated carbocycles. The van der Waals surface area contributed by atoms with Crippen molar-refractivity contribution < 1.29 is 4.74 Å². The van der Waals surface area contributed by atoms with Crippen LogP contribution in [0.4, 0.5) is 0 Å². The van der Waals surface area contributed by atoms with Gasteiger partial charge in [-0.2, -0.15) is 0 Å². The van der Waals surface area contributed by atoms with Crippen LogP contribution in [-0.2, 0) is 0 Å². The lowest BCUT2D eigenvalue weighted by Crippen LogP contribution is -2.21. The van der Waals surface area contributed by atoms with Crippen molar-refractivity contribution in [1.29, 1.82) is 0 Å². The molecule has 2 nitrogen and oxygen atoms in total. The fraction of sp³-hybridized carbons (Fsp3) is 0.600. The Hall–Kier alpha value is -0.540. The predicted octanol–water partition coefficient (Wildman–Crippen LogP) is 3.89. The highest BCUT2D eigenvalue weighted by molar-refractivity contribution is 9.10. The van der Waals surface area contributed by atoms with Crippen molar-refractivity contribution in [3.05, 3.63) is 28.2 Å². The Balaban J connectivity index is 1.82. The lowest BCUT2D eigenvalue weighted by atomic mass is 9.89. The van der Waals surface area contributed by atoms with Crippen molar-refractivity contribution in [2.75, 3.05) is 6.61 Å². The number of halogens is 1. The van der Waals surface area contributed by atoms with Gasteiger partial charge in [0.05, 0.1) is 6.61 Å². The molecular weight excluding hydrogens is 290 g/mol. The second kappa shape index (κ2) is 4.86. The van der Waals surface area contributed by atoms with Crippen LogP contribution in [0.5, 0.6) is 5.75 Å². The van der Waals surface area contributed by atoms with E-state index in [0.717, 1.165) is 27.6 Å². The average Bonchev–Trinajstić information content (AvgIpc) is 2.98. The SMILES string of the molecule is CCOc1ccc(Br)cc1C(N)C1CC2CC2C1. The van der Waals surface area contributed by atoms with Crippen LogP contribution in [0.25, 0.3) is 0 Å². The minimum Gasteiger partial charge on any atom is -0.494 e. The van der Waals surface area contributed by atoms with Crippen LogP contribution in [-0.4, -0.2) is 6.61 Å². The molecule has 0 bridgehead atoms. The number of benzene rings is 1. The molecule has 1 aromatic carbocycles. The first-order valence-electron chi connectivity index (χ1n) is 6.87. The Morgan fingerprint density at radius 1 is 1.33 bits per heavy atom. The standard InChI is InChI=1S/C15H20BrNO/c1-2-18-14-4-3-12(16)8-13(14)15(17)11-6-9-5-10(9)7-11/h3-4,8-11,15H,2,5-7,17H2,1H3. The molecule has 3 unspecified atom stereocenters. The monoisotopic (exact) mass is 309 g/mol. The van der Waals surface area contributed by atoms with Gasteiger partial charge in [-0.15, -0.1) is 0 Å². The third-order valence-corrected chi connectivity index (χ3v) is 4.91. The fourth-order valence-corrected chi connectivity index (χ4v) is 3.75. The van der Waals surface area contributed by atoms with Crippen molar-refractivity contribution in [2.45, 2.75) is 32.2 Å². The Labute approximate surface area is 117 Å². The third kappa shape index (κ3) is 2.30. The molecule has 18 heavy (non-hydrogen) atoms. The van der Waals surface area contributed by atoms with Crippen LogP contribution in [0.2, 0.25) is 0 Å². The number of ether oxygens (including phenoxy) is 1. The van der Waals surface area contributed by atoms with Crippen LogP contribution in [0.15, 0.2) is 22.7 Å². The first kappa shape index (κ1) is 12.5. The van der Waals surface area contributed by atoms with E-state index in [4.69, 9.17) is 10.5 Å². The Morgan fingerprint density at radius 2 is 2.06 bits per heavy atom. The van der Waals surface area contributed by atoms with Gasteiger partial charge in [0.1, 0.15) is 5.75 Å². The summed E-state index contributed by atoms with van der Waals surface area (Å²) in [5, 5.41) is 0. The van der Waals surface area contributed by atoms with Gasteiger partial charge < -0.3 is 10.5 Å². The van der Waals surface area contributed by atoms with Gasteiger partial charge in [-0.25, -0.2) is 0 Å². The molecule has 0 spiro atoms. The highest BCUT2D eigenvalue weighted by Gasteiger charge is 2.47. The Morgan fingerprint density at radius 3 is 2.72 bits per heavy atom. The van der Waals surface area contributed by atoms with Gasteiger partial charge in [-0.3, -0.25) is 0 Å². The summed E-state index contributed by atoms with van der Waals surface area (Å²) in [5.41, 5.74) is 7.65. The molecule has 0 saturated heterocycles. The van der Waals surface area contributed by atoms with Crippen molar-refractivity contribution in [3.8, 4) is 5.75 Å². The summed E-state index contributed by atoms with van der Waals surface area (Å²) in [4.78, 5) is 0. The van der Waals surface area contributed by atoms with E-state index in [2.05, 4.69) is 22.0 Å². The number of hydrogen-bond acceptors (Lipinski definition) is 2. The number of rotatable bonds is 4. The zero-order chi connectivity index (χ0) is 12.7. The van der Waals surface area contributed by atoms with Crippen molar-refractivity contribution in [2.24, 2.45) is 23.5 Å². The summed E-state index contributed by atoms with van der Waals surface area (Å²) in [5.74, 6) is 3.54. The molecule has 0 aliphatic heterocycles. The quantitative estimate of drug-likeness (QED) is 0.915. The summed E-state index contributed by atoms with van der Waals surface area (Å²) in [7, 11) is 0. The zero-order valence-corrected chi connectivity index (χ0v) is 12.3. The van der Waals surface area contributed by atoms with Gasteiger partial charge in [-0.05, 0) is 62.1 Å². The second-order valence-corrected chi connectivity index (χ2v) is 6.54. The number of nitrogens with two attached hydrogens (primary N) is 1. The van der Waals surface area contributed by atoms with E-state index >= 15 is 0 Å². The third-order valence-electron chi connectivity index (χ3n) is 4.42. The fourth-order valence-electron chi connectivity index (χ4n) is 3.38. The molecule has 98 valence electrons. The summed E-state index contributed by atoms with van der Waals surface area (Å²) in [6.07, 6.45) is 4.06. The molecule has 0 aromatic heterocycles. The number of hydrogen-bond donors (Lipinski definition) is 1. The smallest absolute Gasteiger partial charge is 0.124 e. The Bertz CT molecular complexity index is 438. The highest BCUT2D eigenvalue weighted by Crippen LogP contribution is 2.57. The molecule has 0 radical (unpaired) electrons. The predicted molar refractivity (Wildman–Crippen MR) is 76.6 cm³/mol. The van der Waals surface area contributed by atoms with E-state index in [1.165, 1.54) is 19.3 Å². The Kier molecular flexibility index (Phi) is 3.37. The second-order valence-electron chi connectivity index (χ2n) is 5.63. The van der Waals surface area contributed by atoms with E-state index in [1.54, 1.807) is 0 Å². The largest absolute Gasteiger partial charge is 0.494 e. The van der Waals surface area contributed by atoms with Crippen LogP contribution in [0, 0.1) is 17.8 Å². The zero-order valence-electron chi connectivity index (χ0n) is 10.7. The lowest BCUT2D eigenvalue weighted by Gasteiger charge is -2.23. The maximum atomic E-state index is 6.48. The molecule has 2 aliphatic rings. The summed E-state index contributed by atoms with van der Waals surface area (Å²) >= 11 is 3.53. The maximum Gasteiger partial charge on any atom is 0.124 e. The van der Waals surface area contributed by atoms with Crippen molar-refractivity contribution in [3.63, 3.8) is 0 Å². The summed E-state index contributed by atoms with van der Waals surface area (Å²) in [6.45, 7) is 2.71. The van der Waals surface area contributed by atoms with E-state index in [9.17, 15) is 0 Å². The molecule has 1 aromatic rings. The van der Waals surface area contributed by atoms with Crippen LogP contribution in [0.1, 0.15) is 37.8 Å². The highest BCUT2D eigenvalue weighted by atomic mass is 79.9. The minimum absolute atomic E-state index is 0.122. The van der Waals surface area contributed by atoms with E-state index < -0.39 is 0 Å². The van der Waals surface area contributed by atoms with Crippen molar-refractivity contribution in [1.82, 2.24) is 0 Å². The molecule has 3 atom stereocenters. The van der Waals surface area contributed by atoms with Crippen LogP contribution >= 0.6 is 15.9 Å². The normalized spacial score (nSPS) is 30.9. The van der Waals surface area contributed by atoms with Gasteiger partial charge in [-0.1, -0.05) is 15.9 Å². The average molecular weight is 310 g/mol. The van der Waals surface area contributed by atoms with Gasteiger partial charge >= 0.3 is 0 Å². The minimum atomic E-state index is 0.122. The van der Waals surface area contributed by atoms with Gasteiger partial charge in [0.15, 0.2) is 0 Å².